The summed E-state index contributed by atoms with van der Waals surface area (Å²) in [6.45, 7) is 9.36. The van der Waals surface area contributed by atoms with Gasteiger partial charge in [0.1, 0.15) is 5.01 Å². The van der Waals surface area contributed by atoms with Gasteiger partial charge in [0.25, 0.3) is 0 Å². The molecule has 3 rings (SSSR count). The molecule has 0 N–H and O–H groups in total. The van der Waals surface area contributed by atoms with Crippen LogP contribution in [0, 0.1) is 0 Å². The van der Waals surface area contributed by atoms with Crippen molar-refractivity contribution in [2.24, 2.45) is 0 Å². The molecule has 1 atom stereocenters. The summed E-state index contributed by atoms with van der Waals surface area (Å²) < 4.78 is 0. The van der Waals surface area contributed by atoms with Gasteiger partial charge in [-0.25, -0.2) is 4.98 Å². The first-order valence-electron chi connectivity index (χ1n) is 8.34. The first-order valence-corrected chi connectivity index (χ1v) is 9.21. The molecule has 0 aliphatic carbocycles. The van der Waals surface area contributed by atoms with E-state index in [1.807, 2.05) is 22.6 Å². The summed E-state index contributed by atoms with van der Waals surface area (Å²) in [6, 6.07) is 0. The average Bonchev–Trinajstić information content (AvgIpc) is 3.00. The van der Waals surface area contributed by atoms with E-state index in [0.29, 0.717) is 13.0 Å². The van der Waals surface area contributed by atoms with E-state index in [1.54, 1.807) is 11.3 Å². The minimum atomic E-state index is 0.112. The molecule has 23 heavy (non-hydrogen) atoms. The quantitative estimate of drug-likeness (QED) is 0.788. The van der Waals surface area contributed by atoms with Gasteiger partial charge in [0.15, 0.2) is 0 Å². The topological polar surface area (TPSA) is 39.7 Å². The largest absolute Gasteiger partial charge is 0.339 e. The zero-order chi connectivity index (χ0) is 16.3. The molecule has 0 radical (unpaired) electrons. The van der Waals surface area contributed by atoms with Gasteiger partial charge in [-0.05, 0) is 19.9 Å². The Morgan fingerprint density at radius 1 is 1.39 bits per heavy atom. The lowest BCUT2D eigenvalue weighted by atomic mass is 9.86. The van der Waals surface area contributed by atoms with Crippen LogP contribution >= 0.6 is 11.3 Å². The van der Waals surface area contributed by atoms with Crippen LogP contribution in [0.25, 0.3) is 0 Å². The molecule has 0 saturated carbocycles. The highest BCUT2D eigenvalue weighted by molar-refractivity contribution is 7.09. The van der Waals surface area contributed by atoms with Crippen molar-refractivity contribution in [1.29, 1.82) is 0 Å². The first kappa shape index (κ1) is 16.6. The number of thiazole rings is 1. The molecular formula is C17H26N4OS. The summed E-state index contributed by atoms with van der Waals surface area (Å²) in [6.07, 6.45) is 6.34. The van der Waals surface area contributed by atoms with Crippen LogP contribution in [0.3, 0.4) is 0 Å². The van der Waals surface area contributed by atoms with Crippen LogP contribution < -0.4 is 0 Å². The highest BCUT2D eigenvalue weighted by atomic mass is 32.1. The van der Waals surface area contributed by atoms with E-state index in [2.05, 4.69) is 28.4 Å². The number of likely N-dealkylation sites (N-methyl/N-ethyl adjacent to an activating group) is 1. The third-order valence-electron chi connectivity index (χ3n) is 5.28. The number of carbonyl (C=O) groups is 1. The summed E-state index contributed by atoms with van der Waals surface area (Å²) in [7, 11) is 2.22. The third-order valence-corrected chi connectivity index (χ3v) is 6.04. The summed E-state index contributed by atoms with van der Waals surface area (Å²) in [5, 5.41) is 3.22. The van der Waals surface area contributed by atoms with Crippen LogP contribution in [0.2, 0.25) is 0 Å². The summed E-state index contributed by atoms with van der Waals surface area (Å²) >= 11 is 1.72. The van der Waals surface area contributed by atoms with E-state index in [4.69, 9.17) is 0 Å². The zero-order valence-electron chi connectivity index (χ0n) is 13.9. The van der Waals surface area contributed by atoms with Crippen molar-refractivity contribution >= 4 is 17.2 Å². The molecule has 2 saturated heterocycles. The van der Waals surface area contributed by atoms with Crippen molar-refractivity contribution in [2.45, 2.75) is 31.3 Å². The fourth-order valence-corrected chi connectivity index (χ4v) is 4.44. The van der Waals surface area contributed by atoms with E-state index in [9.17, 15) is 4.79 Å². The Morgan fingerprint density at radius 3 is 3.00 bits per heavy atom. The highest BCUT2D eigenvalue weighted by Crippen LogP contribution is 2.32. The van der Waals surface area contributed by atoms with E-state index in [0.717, 1.165) is 45.6 Å². The average molecular weight is 334 g/mol. The van der Waals surface area contributed by atoms with Crippen LogP contribution in [0.15, 0.2) is 24.2 Å². The standard InChI is InChI=1S/C17H26N4OS/c1-3-8-21-9-6-17(5-4-16(21)22)14-20(11-10-19(17)2)13-15-18-7-12-23-15/h3,7,12H,1,4-6,8-11,13-14H2,2H3/t17-/m1/s1. The summed E-state index contributed by atoms with van der Waals surface area (Å²) in [5.74, 6) is 0.271. The molecule has 1 aromatic heterocycles. The number of aromatic nitrogens is 1. The van der Waals surface area contributed by atoms with Gasteiger partial charge in [0, 0.05) is 56.3 Å². The fraction of sp³-hybridized carbons (Fsp3) is 0.647. The minimum Gasteiger partial charge on any atom is -0.339 e. The molecule has 0 bridgehead atoms. The van der Waals surface area contributed by atoms with Crippen molar-refractivity contribution in [3.63, 3.8) is 0 Å². The minimum absolute atomic E-state index is 0.112. The molecule has 1 amide bonds. The van der Waals surface area contributed by atoms with Gasteiger partial charge in [0.2, 0.25) is 5.91 Å². The van der Waals surface area contributed by atoms with Gasteiger partial charge in [-0.3, -0.25) is 14.6 Å². The lowest BCUT2D eigenvalue weighted by Crippen LogP contribution is -2.60. The van der Waals surface area contributed by atoms with Gasteiger partial charge in [-0.1, -0.05) is 6.08 Å². The number of likely N-dealkylation sites (tertiary alicyclic amines) is 1. The lowest BCUT2D eigenvalue weighted by molar-refractivity contribution is -0.130. The van der Waals surface area contributed by atoms with Gasteiger partial charge < -0.3 is 4.90 Å². The summed E-state index contributed by atoms with van der Waals surface area (Å²) in [5.41, 5.74) is 0.112. The highest BCUT2D eigenvalue weighted by Gasteiger charge is 2.42. The Kier molecular flexibility index (Phi) is 5.14. The molecule has 126 valence electrons. The molecule has 2 fully saturated rings. The summed E-state index contributed by atoms with van der Waals surface area (Å²) in [4.78, 5) is 23.7. The van der Waals surface area contributed by atoms with Gasteiger partial charge in [-0.15, -0.1) is 17.9 Å². The number of carbonyl (C=O) groups excluding carboxylic acids is 1. The number of hydrogen-bond acceptors (Lipinski definition) is 5. The van der Waals surface area contributed by atoms with Gasteiger partial charge in [0.05, 0.1) is 6.54 Å². The number of hydrogen-bond donors (Lipinski definition) is 0. The Morgan fingerprint density at radius 2 is 2.26 bits per heavy atom. The molecule has 3 heterocycles. The molecule has 6 heteroatoms. The predicted octanol–water partition coefficient (Wildman–Crippen LogP) is 1.83. The van der Waals surface area contributed by atoms with Gasteiger partial charge >= 0.3 is 0 Å². The zero-order valence-corrected chi connectivity index (χ0v) is 14.7. The maximum absolute atomic E-state index is 12.3. The van der Waals surface area contributed by atoms with Crippen LogP contribution in [-0.2, 0) is 11.3 Å². The molecule has 0 unspecified atom stereocenters. The normalized spacial score (nSPS) is 27.3. The van der Waals surface area contributed by atoms with E-state index in [1.165, 1.54) is 5.01 Å². The van der Waals surface area contributed by atoms with Crippen LogP contribution in [0.5, 0.6) is 0 Å². The predicted molar refractivity (Wildman–Crippen MR) is 93.4 cm³/mol. The number of piperazine rings is 1. The van der Waals surface area contributed by atoms with Crippen LogP contribution in [-0.4, -0.2) is 70.9 Å². The lowest BCUT2D eigenvalue weighted by Gasteiger charge is -2.49. The third kappa shape index (κ3) is 3.65. The second kappa shape index (κ2) is 7.11. The van der Waals surface area contributed by atoms with Crippen molar-refractivity contribution in [3.05, 3.63) is 29.2 Å². The monoisotopic (exact) mass is 334 g/mol. The second-order valence-electron chi connectivity index (χ2n) is 6.66. The van der Waals surface area contributed by atoms with Crippen molar-refractivity contribution in [1.82, 2.24) is 19.7 Å². The Labute approximate surface area is 142 Å². The Bertz CT molecular complexity index is 547. The Balaban J connectivity index is 1.70. The number of rotatable bonds is 4. The van der Waals surface area contributed by atoms with E-state index < -0.39 is 0 Å². The maximum Gasteiger partial charge on any atom is 0.222 e. The SMILES string of the molecule is C=CCN1CC[C@]2(CCC1=O)CN(Cc1nccs1)CCN2C. The van der Waals surface area contributed by atoms with Crippen LogP contribution in [0.1, 0.15) is 24.3 Å². The molecule has 0 aromatic carbocycles. The molecule has 2 aliphatic heterocycles. The van der Waals surface area contributed by atoms with E-state index >= 15 is 0 Å². The molecular weight excluding hydrogens is 308 g/mol. The maximum atomic E-state index is 12.3. The molecule has 1 spiro atoms. The Hall–Kier alpha value is -1.24. The number of nitrogens with zero attached hydrogens (tertiary/aromatic N) is 4. The van der Waals surface area contributed by atoms with Crippen molar-refractivity contribution < 1.29 is 4.79 Å². The number of amides is 1. The molecule has 5 nitrogen and oxygen atoms in total. The van der Waals surface area contributed by atoms with Crippen molar-refractivity contribution in [3.8, 4) is 0 Å². The first-order chi connectivity index (χ1) is 11.1. The smallest absolute Gasteiger partial charge is 0.222 e. The molecule has 2 aliphatic rings. The molecule has 1 aromatic rings. The van der Waals surface area contributed by atoms with Crippen molar-refractivity contribution in [2.75, 3.05) is 39.8 Å². The van der Waals surface area contributed by atoms with E-state index in [-0.39, 0.29) is 11.4 Å². The second-order valence-corrected chi connectivity index (χ2v) is 7.64. The fourth-order valence-electron chi connectivity index (χ4n) is 3.78. The van der Waals surface area contributed by atoms with Gasteiger partial charge in [-0.2, -0.15) is 0 Å². The van der Waals surface area contributed by atoms with Crippen LogP contribution in [0.4, 0.5) is 0 Å².